The van der Waals surface area contributed by atoms with Crippen molar-refractivity contribution in [3.05, 3.63) is 35.9 Å². The van der Waals surface area contributed by atoms with Gasteiger partial charge in [-0.05, 0) is 18.5 Å². The summed E-state index contributed by atoms with van der Waals surface area (Å²) in [7, 11) is 0. The third-order valence-electron chi connectivity index (χ3n) is 2.84. The molecule has 1 aliphatic heterocycles. The van der Waals surface area contributed by atoms with E-state index in [0.717, 1.165) is 18.5 Å². The van der Waals surface area contributed by atoms with Gasteiger partial charge < -0.3 is 11.1 Å². The first-order chi connectivity index (χ1) is 7.27. The van der Waals surface area contributed by atoms with E-state index in [1.54, 1.807) is 0 Å². The monoisotopic (exact) mass is 240 g/mol. The molecule has 2 unspecified atom stereocenters. The molecule has 1 aromatic rings. The van der Waals surface area contributed by atoms with Gasteiger partial charge in [0.05, 0.1) is 6.04 Å². The number of halogens is 1. The van der Waals surface area contributed by atoms with Crippen molar-refractivity contribution < 1.29 is 4.79 Å². The molecule has 16 heavy (non-hydrogen) atoms. The lowest BCUT2D eigenvalue weighted by Gasteiger charge is -2.13. The molecule has 1 aromatic carbocycles. The van der Waals surface area contributed by atoms with Gasteiger partial charge in [0, 0.05) is 12.5 Å². The molecule has 0 saturated carbocycles. The summed E-state index contributed by atoms with van der Waals surface area (Å²) in [6, 6.07) is 9.63. The second-order valence-electron chi connectivity index (χ2n) is 4.01. The highest BCUT2D eigenvalue weighted by Crippen LogP contribution is 2.09. The number of Topliss-reactive ketones (excluding diaryl/α,β-unsaturated/α-hetero) is 1. The van der Waals surface area contributed by atoms with E-state index in [2.05, 4.69) is 5.32 Å². The minimum atomic E-state index is -0.148. The maximum absolute atomic E-state index is 11.9. The highest BCUT2D eigenvalue weighted by molar-refractivity contribution is 5.87. The van der Waals surface area contributed by atoms with Crippen LogP contribution in [0.3, 0.4) is 0 Å². The highest BCUT2D eigenvalue weighted by atomic mass is 35.5. The third-order valence-corrected chi connectivity index (χ3v) is 2.84. The van der Waals surface area contributed by atoms with E-state index in [9.17, 15) is 4.79 Å². The van der Waals surface area contributed by atoms with Gasteiger partial charge >= 0.3 is 0 Å². The first-order valence-electron chi connectivity index (χ1n) is 5.33. The molecule has 1 saturated heterocycles. The van der Waals surface area contributed by atoms with Crippen LogP contribution in [-0.2, 0) is 11.2 Å². The second-order valence-corrected chi connectivity index (χ2v) is 4.01. The fourth-order valence-electron chi connectivity index (χ4n) is 1.98. The van der Waals surface area contributed by atoms with Crippen molar-refractivity contribution in [3.63, 3.8) is 0 Å². The minimum Gasteiger partial charge on any atom is -0.326 e. The van der Waals surface area contributed by atoms with Gasteiger partial charge in [-0.3, -0.25) is 4.79 Å². The summed E-state index contributed by atoms with van der Waals surface area (Å²) >= 11 is 0. The third kappa shape index (κ3) is 3.04. The molecule has 4 heteroatoms. The fraction of sp³-hybridized carbons (Fsp3) is 0.417. The number of carbonyl (C=O) groups excluding carboxylic acids is 1. The summed E-state index contributed by atoms with van der Waals surface area (Å²) < 4.78 is 0. The van der Waals surface area contributed by atoms with Gasteiger partial charge in [0.15, 0.2) is 5.78 Å². The zero-order valence-corrected chi connectivity index (χ0v) is 9.87. The fourth-order valence-corrected chi connectivity index (χ4v) is 1.98. The van der Waals surface area contributed by atoms with Gasteiger partial charge in [-0.2, -0.15) is 0 Å². The Morgan fingerprint density at radius 3 is 2.62 bits per heavy atom. The molecule has 88 valence electrons. The summed E-state index contributed by atoms with van der Waals surface area (Å²) in [5.41, 5.74) is 6.91. The topological polar surface area (TPSA) is 55.1 Å². The van der Waals surface area contributed by atoms with Crippen molar-refractivity contribution in [1.29, 1.82) is 0 Å². The Labute approximate surface area is 102 Å². The zero-order valence-electron chi connectivity index (χ0n) is 9.06. The van der Waals surface area contributed by atoms with E-state index in [4.69, 9.17) is 5.73 Å². The summed E-state index contributed by atoms with van der Waals surface area (Å²) in [6.45, 7) is 0.854. The summed E-state index contributed by atoms with van der Waals surface area (Å²) in [4.78, 5) is 11.9. The number of nitrogens with two attached hydrogens (primary N) is 1. The Balaban J connectivity index is 0.00000128. The Morgan fingerprint density at radius 1 is 1.38 bits per heavy atom. The summed E-state index contributed by atoms with van der Waals surface area (Å²) in [5.74, 6) is 0.200. The minimum absolute atomic E-state index is 0. The van der Waals surface area contributed by atoms with Gasteiger partial charge in [0.25, 0.3) is 0 Å². The van der Waals surface area contributed by atoms with Gasteiger partial charge in [-0.1, -0.05) is 30.3 Å². The van der Waals surface area contributed by atoms with E-state index >= 15 is 0 Å². The maximum Gasteiger partial charge on any atom is 0.155 e. The smallest absolute Gasteiger partial charge is 0.155 e. The van der Waals surface area contributed by atoms with E-state index in [0.29, 0.717) is 6.42 Å². The molecule has 2 rings (SSSR count). The molecule has 3 nitrogen and oxygen atoms in total. The van der Waals surface area contributed by atoms with Gasteiger partial charge in [0.1, 0.15) is 0 Å². The lowest BCUT2D eigenvalue weighted by atomic mass is 10.00. The van der Waals surface area contributed by atoms with E-state index in [-0.39, 0.29) is 30.3 Å². The summed E-state index contributed by atoms with van der Waals surface area (Å²) in [6.07, 6.45) is 1.37. The van der Waals surface area contributed by atoms with Crippen LogP contribution in [0.2, 0.25) is 0 Å². The second kappa shape index (κ2) is 5.99. The molecule has 0 amide bonds. The summed E-state index contributed by atoms with van der Waals surface area (Å²) in [5, 5.41) is 3.15. The molecule has 3 N–H and O–H groups in total. The first-order valence-corrected chi connectivity index (χ1v) is 5.33. The molecular formula is C12H17ClN2O. The molecule has 2 atom stereocenters. The van der Waals surface area contributed by atoms with Crippen molar-refractivity contribution in [2.45, 2.75) is 24.9 Å². The number of rotatable bonds is 3. The van der Waals surface area contributed by atoms with Crippen molar-refractivity contribution >= 4 is 18.2 Å². The standard InChI is InChI=1S/C12H16N2O.ClH/c13-10-6-7-14-12(10)11(15)8-9-4-2-1-3-5-9;/h1-5,10,12,14H,6-8,13H2;1H. The predicted octanol–water partition coefficient (Wildman–Crippen LogP) is 0.909. The number of nitrogens with one attached hydrogen (secondary N) is 1. The zero-order chi connectivity index (χ0) is 10.7. The Bertz CT molecular complexity index is 342. The molecule has 1 fully saturated rings. The molecule has 1 aliphatic rings. The molecular weight excluding hydrogens is 224 g/mol. The Morgan fingerprint density at radius 2 is 2.06 bits per heavy atom. The van der Waals surface area contributed by atoms with Crippen LogP contribution >= 0.6 is 12.4 Å². The molecule has 0 spiro atoms. The van der Waals surface area contributed by atoms with Gasteiger partial charge in [0.2, 0.25) is 0 Å². The van der Waals surface area contributed by atoms with E-state index < -0.39 is 0 Å². The van der Waals surface area contributed by atoms with Crippen LogP contribution < -0.4 is 11.1 Å². The average molecular weight is 241 g/mol. The lowest BCUT2D eigenvalue weighted by Crippen LogP contribution is -2.43. The SMILES string of the molecule is Cl.NC1CCNC1C(=O)Cc1ccccc1. The van der Waals surface area contributed by atoms with E-state index in [1.807, 2.05) is 30.3 Å². The number of ketones is 1. The molecule has 0 aliphatic carbocycles. The van der Waals surface area contributed by atoms with Crippen molar-refractivity contribution in [3.8, 4) is 0 Å². The van der Waals surface area contributed by atoms with Crippen molar-refractivity contribution in [2.75, 3.05) is 6.54 Å². The van der Waals surface area contributed by atoms with Gasteiger partial charge in [-0.25, -0.2) is 0 Å². The lowest BCUT2D eigenvalue weighted by molar-refractivity contribution is -0.120. The van der Waals surface area contributed by atoms with Crippen molar-refractivity contribution in [2.24, 2.45) is 5.73 Å². The molecule has 0 aromatic heterocycles. The van der Waals surface area contributed by atoms with E-state index in [1.165, 1.54) is 0 Å². The van der Waals surface area contributed by atoms with Crippen LogP contribution in [0.25, 0.3) is 0 Å². The quantitative estimate of drug-likeness (QED) is 0.826. The van der Waals surface area contributed by atoms with Crippen molar-refractivity contribution in [1.82, 2.24) is 5.32 Å². The maximum atomic E-state index is 11.9. The van der Waals surface area contributed by atoms with Crippen LogP contribution in [0.15, 0.2) is 30.3 Å². The van der Waals surface area contributed by atoms with Gasteiger partial charge in [-0.15, -0.1) is 12.4 Å². The van der Waals surface area contributed by atoms with Crippen LogP contribution in [-0.4, -0.2) is 24.4 Å². The average Bonchev–Trinajstić information content (AvgIpc) is 2.66. The predicted molar refractivity (Wildman–Crippen MR) is 66.8 cm³/mol. The number of hydrogen-bond donors (Lipinski definition) is 2. The number of benzene rings is 1. The van der Waals surface area contributed by atoms with Crippen LogP contribution in [0.1, 0.15) is 12.0 Å². The van der Waals surface area contributed by atoms with Crippen LogP contribution in [0.5, 0.6) is 0 Å². The molecule has 1 heterocycles. The first kappa shape index (κ1) is 13.2. The van der Waals surface area contributed by atoms with Crippen LogP contribution in [0.4, 0.5) is 0 Å². The highest BCUT2D eigenvalue weighted by Gasteiger charge is 2.29. The number of carbonyl (C=O) groups is 1. The Kier molecular flexibility index (Phi) is 4.93. The van der Waals surface area contributed by atoms with Crippen LogP contribution in [0, 0.1) is 0 Å². The molecule has 0 bridgehead atoms. The normalized spacial score (nSPS) is 23.8. The number of hydrogen-bond acceptors (Lipinski definition) is 3. The largest absolute Gasteiger partial charge is 0.326 e. The Hall–Kier alpha value is -0.900. The molecule has 0 radical (unpaired) electrons.